The number of nitrogens with zero attached hydrogens (tertiary/aromatic N) is 1. The highest BCUT2D eigenvalue weighted by molar-refractivity contribution is 6.04. The molecule has 0 saturated carbocycles. The van der Waals surface area contributed by atoms with Gasteiger partial charge in [0.2, 0.25) is 0 Å². The molecule has 132 valence electrons. The molecule has 1 aromatic carbocycles. The molecule has 1 atom stereocenters. The molecule has 1 aliphatic rings. The van der Waals surface area contributed by atoms with E-state index in [-0.39, 0.29) is 12.0 Å². The fourth-order valence-corrected chi connectivity index (χ4v) is 3.26. The number of carbonyl (C=O) groups is 1. The van der Waals surface area contributed by atoms with Crippen LogP contribution in [0.5, 0.6) is 0 Å². The number of pyridine rings is 1. The van der Waals surface area contributed by atoms with Crippen molar-refractivity contribution in [3.05, 3.63) is 52.8 Å². The van der Waals surface area contributed by atoms with Crippen molar-refractivity contribution in [2.75, 3.05) is 23.8 Å². The summed E-state index contributed by atoms with van der Waals surface area (Å²) in [6.45, 7) is 7.65. The highest BCUT2D eigenvalue weighted by Gasteiger charge is 2.16. The molecule has 5 heteroatoms. The van der Waals surface area contributed by atoms with Crippen molar-refractivity contribution >= 4 is 17.3 Å². The number of amides is 1. The standard InChI is InChI=1S/C20H25N3O2/c1-13-9-14(2)19(15(3)10-13)23-20(24)18-11-16(6-7-21-18)22-12-17-5-4-8-25-17/h6-7,9-11,17H,4-5,8,12H2,1-3H3,(H,21,22)(H,23,24). The number of ether oxygens (including phenoxy) is 1. The van der Waals surface area contributed by atoms with E-state index in [0.717, 1.165) is 48.5 Å². The van der Waals surface area contributed by atoms with E-state index in [0.29, 0.717) is 5.69 Å². The van der Waals surface area contributed by atoms with Crippen molar-refractivity contribution < 1.29 is 9.53 Å². The Bertz CT molecular complexity index is 744. The minimum atomic E-state index is -0.198. The summed E-state index contributed by atoms with van der Waals surface area (Å²) in [6, 6.07) is 7.78. The van der Waals surface area contributed by atoms with E-state index < -0.39 is 0 Å². The molecule has 2 aromatic rings. The largest absolute Gasteiger partial charge is 0.382 e. The Morgan fingerprint density at radius 3 is 2.68 bits per heavy atom. The van der Waals surface area contributed by atoms with Gasteiger partial charge in [0, 0.05) is 30.7 Å². The monoisotopic (exact) mass is 339 g/mol. The van der Waals surface area contributed by atoms with Crippen LogP contribution in [0.4, 0.5) is 11.4 Å². The number of benzene rings is 1. The predicted molar refractivity (Wildman–Crippen MR) is 100 cm³/mol. The molecule has 1 amide bonds. The minimum absolute atomic E-state index is 0.198. The molecule has 1 saturated heterocycles. The summed E-state index contributed by atoms with van der Waals surface area (Å²) >= 11 is 0. The van der Waals surface area contributed by atoms with Crippen LogP contribution in [-0.4, -0.2) is 30.1 Å². The van der Waals surface area contributed by atoms with Gasteiger partial charge in [0.15, 0.2) is 0 Å². The fourth-order valence-electron chi connectivity index (χ4n) is 3.26. The van der Waals surface area contributed by atoms with Crippen molar-refractivity contribution in [2.24, 2.45) is 0 Å². The first-order chi connectivity index (χ1) is 12.0. The normalized spacial score (nSPS) is 16.7. The maximum Gasteiger partial charge on any atom is 0.274 e. The lowest BCUT2D eigenvalue weighted by Gasteiger charge is -2.14. The van der Waals surface area contributed by atoms with Crippen molar-refractivity contribution in [1.29, 1.82) is 0 Å². The van der Waals surface area contributed by atoms with E-state index in [2.05, 4.69) is 34.7 Å². The summed E-state index contributed by atoms with van der Waals surface area (Å²) in [5, 5.41) is 6.32. The second kappa shape index (κ2) is 7.66. The SMILES string of the molecule is Cc1cc(C)c(NC(=O)c2cc(NCC3CCCO3)ccn2)c(C)c1. The second-order valence-corrected chi connectivity index (χ2v) is 6.67. The van der Waals surface area contributed by atoms with E-state index in [9.17, 15) is 4.79 Å². The van der Waals surface area contributed by atoms with Crippen molar-refractivity contribution in [3.63, 3.8) is 0 Å². The van der Waals surface area contributed by atoms with Crippen molar-refractivity contribution in [1.82, 2.24) is 4.98 Å². The summed E-state index contributed by atoms with van der Waals surface area (Å²) in [7, 11) is 0. The molecule has 0 spiro atoms. The Kier molecular flexibility index (Phi) is 5.34. The van der Waals surface area contributed by atoms with Crippen LogP contribution in [0, 0.1) is 20.8 Å². The van der Waals surface area contributed by atoms with Crippen LogP contribution in [0.1, 0.15) is 40.0 Å². The fraction of sp³-hybridized carbons (Fsp3) is 0.400. The Morgan fingerprint density at radius 1 is 1.24 bits per heavy atom. The molecule has 5 nitrogen and oxygen atoms in total. The molecule has 1 aliphatic heterocycles. The molecule has 0 aliphatic carbocycles. The van der Waals surface area contributed by atoms with E-state index in [1.165, 1.54) is 5.56 Å². The Morgan fingerprint density at radius 2 is 2.00 bits per heavy atom. The zero-order chi connectivity index (χ0) is 17.8. The molecular weight excluding hydrogens is 314 g/mol. The lowest BCUT2D eigenvalue weighted by Crippen LogP contribution is -2.19. The van der Waals surface area contributed by atoms with Gasteiger partial charge in [-0.25, -0.2) is 0 Å². The number of aryl methyl sites for hydroxylation is 3. The van der Waals surface area contributed by atoms with Gasteiger partial charge in [-0.1, -0.05) is 17.7 Å². The van der Waals surface area contributed by atoms with Gasteiger partial charge < -0.3 is 15.4 Å². The molecule has 0 bridgehead atoms. The number of carbonyl (C=O) groups excluding carboxylic acids is 1. The Hall–Kier alpha value is -2.40. The van der Waals surface area contributed by atoms with Gasteiger partial charge in [-0.3, -0.25) is 9.78 Å². The second-order valence-electron chi connectivity index (χ2n) is 6.67. The van der Waals surface area contributed by atoms with E-state index >= 15 is 0 Å². The number of hydrogen-bond donors (Lipinski definition) is 2. The van der Waals surface area contributed by atoms with Gasteiger partial charge in [0.05, 0.1) is 6.10 Å². The number of rotatable bonds is 5. The van der Waals surface area contributed by atoms with Gasteiger partial charge in [0.1, 0.15) is 5.69 Å². The summed E-state index contributed by atoms with van der Waals surface area (Å²) in [5.41, 5.74) is 5.43. The number of anilines is 2. The van der Waals surface area contributed by atoms with E-state index in [4.69, 9.17) is 4.74 Å². The molecule has 2 N–H and O–H groups in total. The molecule has 1 unspecified atom stereocenters. The Labute approximate surface area is 148 Å². The maximum atomic E-state index is 12.6. The highest BCUT2D eigenvalue weighted by atomic mass is 16.5. The van der Waals surface area contributed by atoms with Gasteiger partial charge in [-0.05, 0) is 56.9 Å². The van der Waals surface area contributed by atoms with Crippen LogP contribution in [-0.2, 0) is 4.74 Å². The minimum Gasteiger partial charge on any atom is -0.382 e. The third kappa shape index (κ3) is 4.37. The first-order valence-electron chi connectivity index (χ1n) is 8.73. The highest BCUT2D eigenvalue weighted by Crippen LogP contribution is 2.23. The maximum absolute atomic E-state index is 12.6. The average molecular weight is 339 g/mol. The zero-order valence-electron chi connectivity index (χ0n) is 15.1. The van der Waals surface area contributed by atoms with Crippen LogP contribution >= 0.6 is 0 Å². The smallest absolute Gasteiger partial charge is 0.274 e. The van der Waals surface area contributed by atoms with Crippen molar-refractivity contribution in [3.8, 4) is 0 Å². The van der Waals surface area contributed by atoms with Crippen LogP contribution < -0.4 is 10.6 Å². The van der Waals surface area contributed by atoms with E-state index in [1.54, 1.807) is 12.3 Å². The summed E-state index contributed by atoms with van der Waals surface area (Å²) in [4.78, 5) is 16.8. The summed E-state index contributed by atoms with van der Waals surface area (Å²) in [5.74, 6) is -0.198. The predicted octanol–water partition coefficient (Wildman–Crippen LogP) is 3.85. The van der Waals surface area contributed by atoms with Crippen LogP contribution in [0.15, 0.2) is 30.5 Å². The third-order valence-corrected chi connectivity index (χ3v) is 4.47. The zero-order valence-corrected chi connectivity index (χ0v) is 15.1. The number of nitrogens with one attached hydrogen (secondary N) is 2. The molecule has 25 heavy (non-hydrogen) atoms. The quantitative estimate of drug-likeness (QED) is 0.868. The first-order valence-corrected chi connectivity index (χ1v) is 8.73. The topological polar surface area (TPSA) is 63.2 Å². The number of aromatic nitrogens is 1. The van der Waals surface area contributed by atoms with Crippen molar-refractivity contribution in [2.45, 2.75) is 39.7 Å². The van der Waals surface area contributed by atoms with Gasteiger partial charge in [-0.15, -0.1) is 0 Å². The van der Waals surface area contributed by atoms with Crippen LogP contribution in [0.3, 0.4) is 0 Å². The molecule has 1 fully saturated rings. The molecule has 1 aromatic heterocycles. The summed E-state index contributed by atoms with van der Waals surface area (Å²) < 4.78 is 5.61. The molecule has 3 rings (SSSR count). The average Bonchev–Trinajstić information content (AvgIpc) is 3.10. The van der Waals surface area contributed by atoms with Crippen LogP contribution in [0.2, 0.25) is 0 Å². The van der Waals surface area contributed by atoms with Gasteiger partial charge in [0.25, 0.3) is 5.91 Å². The third-order valence-electron chi connectivity index (χ3n) is 4.47. The Balaban J connectivity index is 1.69. The number of hydrogen-bond acceptors (Lipinski definition) is 4. The summed E-state index contributed by atoms with van der Waals surface area (Å²) in [6.07, 6.45) is 4.10. The van der Waals surface area contributed by atoms with Crippen LogP contribution in [0.25, 0.3) is 0 Å². The molecular formula is C20H25N3O2. The lowest BCUT2D eigenvalue weighted by molar-refractivity contribution is 0.102. The van der Waals surface area contributed by atoms with E-state index in [1.807, 2.05) is 19.9 Å². The molecule has 2 heterocycles. The first kappa shape index (κ1) is 17.4. The lowest BCUT2D eigenvalue weighted by atomic mass is 10.0. The molecule has 0 radical (unpaired) electrons. The van der Waals surface area contributed by atoms with Gasteiger partial charge >= 0.3 is 0 Å². The van der Waals surface area contributed by atoms with Gasteiger partial charge in [-0.2, -0.15) is 0 Å².